The van der Waals surface area contributed by atoms with Crippen LogP contribution in [0.15, 0.2) is 48.5 Å². The number of ether oxygens (including phenoxy) is 3. The number of hydrogen-bond acceptors (Lipinski definition) is 5. The van der Waals surface area contributed by atoms with Crippen LogP contribution >= 0.6 is 0 Å². The highest BCUT2D eigenvalue weighted by Crippen LogP contribution is 2.32. The zero-order valence-corrected chi connectivity index (χ0v) is 15.7. The molecule has 0 aliphatic carbocycles. The fraction of sp³-hybridized carbons (Fsp3) is 0.300. The molecule has 2 aromatic carbocycles. The normalized spacial score (nSPS) is 10.0. The SMILES string of the molecule is COc1ccc(OC)c(N(CCNC(=O)COc2ccccc2)C(C)=O)c1. The van der Waals surface area contributed by atoms with Crippen molar-refractivity contribution >= 4 is 17.5 Å². The summed E-state index contributed by atoms with van der Waals surface area (Å²) >= 11 is 0. The number of benzene rings is 2. The number of nitrogens with one attached hydrogen (secondary N) is 1. The highest BCUT2D eigenvalue weighted by molar-refractivity contribution is 5.93. The molecule has 2 amide bonds. The predicted octanol–water partition coefficient (Wildman–Crippen LogP) is 2.25. The Morgan fingerprint density at radius 2 is 1.74 bits per heavy atom. The molecule has 2 aromatic rings. The van der Waals surface area contributed by atoms with Gasteiger partial charge >= 0.3 is 0 Å². The average molecular weight is 372 g/mol. The lowest BCUT2D eigenvalue weighted by molar-refractivity contribution is -0.123. The van der Waals surface area contributed by atoms with Gasteiger partial charge in [0.25, 0.3) is 5.91 Å². The van der Waals surface area contributed by atoms with Crippen LogP contribution in [-0.4, -0.2) is 45.7 Å². The van der Waals surface area contributed by atoms with Gasteiger partial charge in [0.15, 0.2) is 6.61 Å². The number of para-hydroxylation sites is 1. The van der Waals surface area contributed by atoms with Gasteiger partial charge < -0.3 is 24.4 Å². The topological polar surface area (TPSA) is 77.1 Å². The number of anilines is 1. The lowest BCUT2D eigenvalue weighted by Gasteiger charge is -2.24. The summed E-state index contributed by atoms with van der Waals surface area (Å²) in [5.41, 5.74) is 0.583. The van der Waals surface area contributed by atoms with Crippen molar-refractivity contribution in [1.82, 2.24) is 5.32 Å². The number of nitrogens with zero attached hydrogens (tertiary/aromatic N) is 1. The van der Waals surface area contributed by atoms with Crippen molar-refractivity contribution < 1.29 is 23.8 Å². The first-order valence-corrected chi connectivity index (χ1v) is 8.50. The number of carbonyl (C=O) groups excluding carboxylic acids is 2. The smallest absolute Gasteiger partial charge is 0.258 e. The molecular formula is C20H24N2O5. The minimum Gasteiger partial charge on any atom is -0.497 e. The van der Waals surface area contributed by atoms with E-state index in [0.29, 0.717) is 22.9 Å². The predicted molar refractivity (Wildman–Crippen MR) is 103 cm³/mol. The second kappa shape index (κ2) is 10.1. The maximum atomic E-state index is 12.1. The Morgan fingerprint density at radius 3 is 2.37 bits per heavy atom. The third-order valence-corrected chi connectivity index (χ3v) is 3.83. The van der Waals surface area contributed by atoms with Crippen molar-refractivity contribution in [3.05, 3.63) is 48.5 Å². The van der Waals surface area contributed by atoms with Crippen LogP contribution in [0.4, 0.5) is 5.69 Å². The standard InChI is InChI=1S/C20H24N2O5/c1-15(23)22(18-13-17(25-2)9-10-19(18)26-3)12-11-21-20(24)14-27-16-7-5-4-6-8-16/h4-10,13H,11-12,14H2,1-3H3,(H,21,24). The molecule has 0 unspecified atom stereocenters. The number of carbonyl (C=O) groups is 2. The number of rotatable bonds is 9. The number of amides is 2. The molecule has 0 saturated carbocycles. The van der Waals surface area contributed by atoms with Crippen LogP contribution in [-0.2, 0) is 9.59 Å². The Bertz CT molecular complexity index is 764. The second-order valence-electron chi connectivity index (χ2n) is 5.66. The molecule has 0 atom stereocenters. The molecule has 0 radical (unpaired) electrons. The monoisotopic (exact) mass is 372 g/mol. The highest BCUT2D eigenvalue weighted by Gasteiger charge is 2.17. The van der Waals surface area contributed by atoms with E-state index in [-0.39, 0.29) is 31.5 Å². The summed E-state index contributed by atoms with van der Waals surface area (Å²) in [6.07, 6.45) is 0. The first kappa shape index (κ1) is 20.1. The van der Waals surface area contributed by atoms with E-state index >= 15 is 0 Å². The van der Waals surface area contributed by atoms with E-state index in [4.69, 9.17) is 14.2 Å². The average Bonchev–Trinajstić information content (AvgIpc) is 2.69. The molecular weight excluding hydrogens is 348 g/mol. The minimum atomic E-state index is -0.264. The molecule has 0 aromatic heterocycles. The van der Waals surface area contributed by atoms with Crippen molar-refractivity contribution in [3.8, 4) is 17.2 Å². The van der Waals surface area contributed by atoms with E-state index in [1.807, 2.05) is 18.2 Å². The Kier molecular flexibility index (Phi) is 7.49. The van der Waals surface area contributed by atoms with E-state index in [9.17, 15) is 9.59 Å². The third-order valence-electron chi connectivity index (χ3n) is 3.83. The van der Waals surface area contributed by atoms with Crippen molar-refractivity contribution in [1.29, 1.82) is 0 Å². The van der Waals surface area contributed by atoms with Gasteiger partial charge in [-0.15, -0.1) is 0 Å². The molecule has 0 fully saturated rings. The second-order valence-corrected chi connectivity index (χ2v) is 5.66. The molecule has 144 valence electrons. The van der Waals surface area contributed by atoms with Crippen molar-refractivity contribution in [3.63, 3.8) is 0 Å². The molecule has 7 heteroatoms. The lowest BCUT2D eigenvalue weighted by atomic mass is 10.2. The van der Waals surface area contributed by atoms with Gasteiger partial charge in [0.1, 0.15) is 17.2 Å². The van der Waals surface area contributed by atoms with Gasteiger partial charge in [-0.2, -0.15) is 0 Å². The first-order chi connectivity index (χ1) is 13.0. The van der Waals surface area contributed by atoms with E-state index < -0.39 is 0 Å². The summed E-state index contributed by atoms with van der Waals surface area (Å²) in [7, 11) is 3.09. The fourth-order valence-corrected chi connectivity index (χ4v) is 2.48. The molecule has 0 heterocycles. The number of hydrogen-bond donors (Lipinski definition) is 1. The molecule has 0 aliphatic rings. The molecule has 0 bridgehead atoms. The fourth-order valence-electron chi connectivity index (χ4n) is 2.48. The Hall–Kier alpha value is -3.22. The quantitative estimate of drug-likeness (QED) is 0.731. The van der Waals surface area contributed by atoms with Crippen LogP contribution in [0.1, 0.15) is 6.92 Å². The Labute approximate surface area is 158 Å². The lowest BCUT2D eigenvalue weighted by Crippen LogP contribution is -2.39. The maximum absolute atomic E-state index is 12.1. The van der Waals surface area contributed by atoms with Crippen molar-refractivity contribution in [2.24, 2.45) is 0 Å². The molecule has 2 rings (SSSR count). The zero-order valence-electron chi connectivity index (χ0n) is 15.7. The van der Waals surface area contributed by atoms with Crippen LogP contribution in [0.3, 0.4) is 0 Å². The Morgan fingerprint density at radius 1 is 1.00 bits per heavy atom. The first-order valence-electron chi connectivity index (χ1n) is 8.50. The van der Waals surface area contributed by atoms with Gasteiger partial charge in [-0.3, -0.25) is 9.59 Å². The summed E-state index contributed by atoms with van der Waals surface area (Å²) in [4.78, 5) is 25.6. The third kappa shape index (κ3) is 5.91. The maximum Gasteiger partial charge on any atom is 0.258 e. The van der Waals surface area contributed by atoms with Crippen LogP contribution < -0.4 is 24.4 Å². The van der Waals surface area contributed by atoms with Crippen LogP contribution in [0.2, 0.25) is 0 Å². The van der Waals surface area contributed by atoms with Crippen LogP contribution in [0, 0.1) is 0 Å². The summed E-state index contributed by atoms with van der Waals surface area (Å²) < 4.78 is 16.0. The molecule has 0 spiro atoms. The van der Waals surface area contributed by atoms with Gasteiger partial charge in [0, 0.05) is 26.1 Å². The van der Waals surface area contributed by atoms with Crippen LogP contribution in [0.25, 0.3) is 0 Å². The zero-order chi connectivity index (χ0) is 19.6. The summed E-state index contributed by atoms with van der Waals surface area (Å²) in [5, 5.41) is 2.74. The van der Waals surface area contributed by atoms with E-state index in [1.165, 1.54) is 18.9 Å². The van der Waals surface area contributed by atoms with Crippen LogP contribution in [0.5, 0.6) is 17.2 Å². The molecule has 1 N–H and O–H groups in total. The van der Waals surface area contributed by atoms with E-state index in [2.05, 4.69) is 5.32 Å². The van der Waals surface area contributed by atoms with Gasteiger partial charge in [-0.05, 0) is 24.3 Å². The minimum absolute atomic E-state index is 0.0907. The van der Waals surface area contributed by atoms with Gasteiger partial charge in [0.05, 0.1) is 19.9 Å². The van der Waals surface area contributed by atoms with Gasteiger partial charge in [-0.1, -0.05) is 18.2 Å². The highest BCUT2D eigenvalue weighted by atomic mass is 16.5. The Balaban J connectivity index is 1.93. The van der Waals surface area contributed by atoms with E-state index in [0.717, 1.165) is 0 Å². The largest absolute Gasteiger partial charge is 0.497 e. The molecule has 7 nitrogen and oxygen atoms in total. The van der Waals surface area contributed by atoms with Crippen molar-refractivity contribution in [2.75, 3.05) is 38.8 Å². The summed E-state index contributed by atoms with van der Waals surface area (Å²) in [5.74, 6) is 1.34. The summed E-state index contributed by atoms with van der Waals surface area (Å²) in [6.45, 7) is 1.93. The molecule has 27 heavy (non-hydrogen) atoms. The summed E-state index contributed by atoms with van der Waals surface area (Å²) in [6, 6.07) is 14.3. The van der Waals surface area contributed by atoms with Gasteiger partial charge in [0.2, 0.25) is 5.91 Å². The molecule has 0 aliphatic heterocycles. The molecule has 0 saturated heterocycles. The van der Waals surface area contributed by atoms with E-state index in [1.54, 1.807) is 37.4 Å². The van der Waals surface area contributed by atoms with Crippen molar-refractivity contribution in [2.45, 2.75) is 6.92 Å². The van der Waals surface area contributed by atoms with Gasteiger partial charge in [-0.25, -0.2) is 0 Å². The number of methoxy groups -OCH3 is 2.